The molecule has 7 nitrogen and oxygen atoms in total. The molecule has 30 heavy (non-hydrogen) atoms. The first kappa shape index (κ1) is 20.8. The van der Waals surface area contributed by atoms with Gasteiger partial charge in [-0.1, -0.05) is 20.3 Å². The summed E-state index contributed by atoms with van der Waals surface area (Å²) in [4.78, 5) is 39.1. The van der Waals surface area contributed by atoms with Crippen LogP contribution in [0.15, 0.2) is 6.07 Å². The fourth-order valence-corrected chi connectivity index (χ4v) is 4.48. The first-order valence-electron chi connectivity index (χ1n) is 11.4. The molecular formula is C23H33N5O2. The van der Waals surface area contributed by atoms with Crippen molar-refractivity contribution in [1.29, 1.82) is 0 Å². The van der Waals surface area contributed by atoms with Crippen molar-refractivity contribution in [1.82, 2.24) is 24.3 Å². The van der Waals surface area contributed by atoms with E-state index in [0.717, 1.165) is 54.9 Å². The van der Waals surface area contributed by atoms with Crippen LogP contribution in [-0.4, -0.2) is 62.3 Å². The zero-order valence-electron chi connectivity index (χ0n) is 18.5. The highest BCUT2D eigenvalue weighted by Gasteiger charge is 2.28. The second kappa shape index (κ2) is 8.74. The zero-order chi connectivity index (χ0) is 21.3. The van der Waals surface area contributed by atoms with Crippen molar-refractivity contribution in [3.05, 3.63) is 23.1 Å². The average Bonchev–Trinajstić information content (AvgIpc) is 2.92. The topological polar surface area (TPSA) is 71.3 Å². The van der Waals surface area contributed by atoms with E-state index in [1.54, 1.807) is 0 Å². The Hall–Kier alpha value is -2.44. The van der Waals surface area contributed by atoms with Crippen molar-refractivity contribution in [2.75, 3.05) is 26.2 Å². The normalized spacial score (nSPS) is 17.3. The first-order valence-corrected chi connectivity index (χ1v) is 11.4. The molecule has 0 radical (unpaired) electrons. The maximum Gasteiger partial charge on any atom is 0.256 e. The number of fused-ring (bicyclic) bond motifs is 3. The van der Waals surface area contributed by atoms with Crippen LogP contribution in [0.3, 0.4) is 0 Å². The van der Waals surface area contributed by atoms with Crippen LogP contribution in [0, 0.1) is 12.8 Å². The Balaban J connectivity index is 1.51. The predicted molar refractivity (Wildman–Crippen MR) is 116 cm³/mol. The van der Waals surface area contributed by atoms with Crippen LogP contribution >= 0.6 is 0 Å². The second-order valence-electron chi connectivity index (χ2n) is 9.08. The van der Waals surface area contributed by atoms with Crippen molar-refractivity contribution >= 4 is 23.0 Å². The molecule has 0 N–H and O–H groups in total. The molecule has 7 heteroatoms. The van der Waals surface area contributed by atoms with E-state index < -0.39 is 0 Å². The van der Waals surface area contributed by atoms with Gasteiger partial charge in [0.1, 0.15) is 11.3 Å². The molecule has 0 aromatic carbocycles. The molecule has 0 atom stereocenters. The van der Waals surface area contributed by atoms with Gasteiger partial charge < -0.3 is 14.4 Å². The van der Waals surface area contributed by atoms with Gasteiger partial charge in [-0.2, -0.15) is 0 Å². The summed E-state index contributed by atoms with van der Waals surface area (Å²) >= 11 is 0. The Bertz CT molecular complexity index is 941. The monoisotopic (exact) mass is 411 g/mol. The summed E-state index contributed by atoms with van der Waals surface area (Å²) in [7, 11) is 0. The zero-order valence-corrected chi connectivity index (χ0v) is 18.5. The molecule has 2 aromatic heterocycles. The fourth-order valence-electron chi connectivity index (χ4n) is 4.48. The molecule has 2 aliphatic rings. The first-order chi connectivity index (χ1) is 14.4. The summed E-state index contributed by atoms with van der Waals surface area (Å²) in [5.41, 5.74) is 3.08. The summed E-state index contributed by atoms with van der Waals surface area (Å²) < 4.78 is 2.21. The molecule has 2 aromatic rings. The molecule has 1 saturated heterocycles. The number of pyridine rings is 1. The lowest BCUT2D eigenvalue weighted by atomic mass is 10.1. The van der Waals surface area contributed by atoms with Crippen LogP contribution in [-0.2, 0) is 17.8 Å². The smallest absolute Gasteiger partial charge is 0.256 e. The van der Waals surface area contributed by atoms with Crippen LogP contribution in [0.2, 0.25) is 0 Å². The summed E-state index contributed by atoms with van der Waals surface area (Å²) in [6.07, 6.45) is 5.93. The average molecular weight is 412 g/mol. The standard InChI is InChI=1S/C23H33N5O2/c1-16(2)8-9-20(29)26-11-13-27(14-12-26)23(30)18-15-17(3)24-22-21(18)25-19-7-5-4-6-10-28(19)22/h15-16H,4-14H2,1-3H3. The second-order valence-corrected chi connectivity index (χ2v) is 9.08. The van der Waals surface area contributed by atoms with Crippen LogP contribution in [0.1, 0.15) is 67.8 Å². The van der Waals surface area contributed by atoms with Gasteiger partial charge >= 0.3 is 0 Å². The van der Waals surface area contributed by atoms with Crippen molar-refractivity contribution in [3.63, 3.8) is 0 Å². The number of nitrogens with zero attached hydrogens (tertiary/aromatic N) is 5. The number of carbonyl (C=O) groups is 2. The number of piperazine rings is 1. The minimum atomic E-state index is 0.00744. The Morgan fingerprint density at radius 2 is 1.73 bits per heavy atom. The lowest BCUT2D eigenvalue weighted by Gasteiger charge is -2.35. The van der Waals surface area contributed by atoms with E-state index in [1.165, 1.54) is 6.42 Å². The van der Waals surface area contributed by atoms with Crippen LogP contribution < -0.4 is 0 Å². The third kappa shape index (κ3) is 4.20. The lowest BCUT2D eigenvalue weighted by Crippen LogP contribution is -2.50. The number of aryl methyl sites for hydroxylation is 3. The SMILES string of the molecule is Cc1cc(C(=O)N2CCN(C(=O)CCC(C)C)CC2)c2nc3n(c2n1)CCCCC3. The van der Waals surface area contributed by atoms with Crippen molar-refractivity contribution < 1.29 is 9.59 Å². The molecule has 162 valence electrons. The van der Waals surface area contributed by atoms with Gasteiger partial charge in [0.15, 0.2) is 5.65 Å². The van der Waals surface area contributed by atoms with Gasteiger partial charge in [-0.3, -0.25) is 9.59 Å². The van der Waals surface area contributed by atoms with Gasteiger partial charge in [0.05, 0.1) is 5.56 Å². The van der Waals surface area contributed by atoms with Crippen molar-refractivity contribution in [2.45, 2.75) is 65.8 Å². The van der Waals surface area contributed by atoms with Gasteiger partial charge in [0.2, 0.25) is 5.91 Å². The number of rotatable bonds is 4. The van der Waals surface area contributed by atoms with E-state index >= 15 is 0 Å². The van der Waals surface area contributed by atoms with E-state index in [9.17, 15) is 9.59 Å². The summed E-state index contributed by atoms with van der Waals surface area (Å²) in [6.45, 7) is 9.50. The number of amides is 2. The van der Waals surface area contributed by atoms with E-state index in [0.29, 0.717) is 44.1 Å². The maximum atomic E-state index is 13.4. The van der Waals surface area contributed by atoms with Crippen LogP contribution in [0.4, 0.5) is 0 Å². The number of carbonyl (C=O) groups excluding carboxylic acids is 2. The fraction of sp³-hybridized carbons (Fsp3) is 0.652. The molecule has 1 fully saturated rings. The highest BCUT2D eigenvalue weighted by atomic mass is 16.2. The van der Waals surface area contributed by atoms with Crippen LogP contribution in [0.5, 0.6) is 0 Å². The van der Waals surface area contributed by atoms with E-state index in [4.69, 9.17) is 9.97 Å². The molecular weight excluding hydrogens is 378 g/mol. The predicted octanol–water partition coefficient (Wildman–Crippen LogP) is 3.19. The van der Waals surface area contributed by atoms with E-state index in [2.05, 4.69) is 18.4 Å². The van der Waals surface area contributed by atoms with E-state index in [1.807, 2.05) is 22.8 Å². The highest BCUT2D eigenvalue weighted by molar-refractivity contribution is 6.04. The minimum absolute atomic E-state index is 0.00744. The van der Waals surface area contributed by atoms with Gasteiger partial charge in [-0.15, -0.1) is 0 Å². The largest absolute Gasteiger partial charge is 0.339 e. The molecule has 0 bridgehead atoms. The van der Waals surface area contributed by atoms with Crippen LogP contribution in [0.25, 0.3) is 11.2 Å². The van der Waals surface area contributed by atoms with E-state index in [-0.39, 0.29) is 11.8 Å². The molecule has 2 aliphatic heterocycles. The number of aromatic nitrogens is 3. The Labute approximate surface area is 178 Å². The van der Waals surface area contributed by atoms with Gasteiger partial charge in [0, 0.05) is 51.3 Å². The lowest BCUT2D eigenvalue weighted by molar-refractivity contribution is -0.132. The van der Waals surface area contributed by atoms with Crippen molar-refractivity contribution in [2.24, 2.45) is 5.92 Å². The Morgan fingerprint density at radius 3 is 2.47 bits per heavy atom. The molecule has 4 heterocycles. The quantitative estimate of drug-likeness (QED) is 0.775. The molecule has 0 unspecified atom stereocenters. The molecule has 0 saturated carbocycles. The maximum absolute atomic E-state index is 13.4. The molecule has 0 spiro atoms. The highest BCUT2D eigenvalue weighted by Crippen LogP contribution is 2.25. The molecule has 4 rings (SSSR count). The summed E-state index contributed by atoms with van der Waals surface area (Å²) in [5.74, 6) is 1.79. The van der Waals surface area contributed by atoms with Gasteiger partial charge in [0.25, 0.3) is 5.91 Å². The van der Waals surface area contributed by atoms with Crippen molar-refractivity contribution in [3.8, 4) is 0 Å². The number of hydrogen-bond acceptors (Lipinski definition) is 4. The third-order valence-electron chi connectivity index (χ3n) is 6.28. The number of imidazole rings is 1. The minimum Gasteiger partial charge on any atom is -0.339 e. The van der Waals surface area contributed by atoms with Gasteiger partial charge in [-0.05, 0) is 38.2 Å². The summed E-state index contributed by atoms with van der Waals surface area (Å²) in [5, 5.41) is 0. The molecule has 0 aliphatic carbocycles. The Kier molecular flexibility index (Phi) is 6.06. The molecule has 2 amide bonds. The Morgan fingerprint density at radius 1 is 1.00 bits per heavy atom. The number of hydrogen-bond donors (Lipinski definition) is 0. The van der Waals surface area contributed by atoms with Gasteiger partial charge in [-0.25, -0.2) is 9.97 Å². The summed E-state index contributed by atoms with van der Waals surface area (Å²) in [6, 6.07) is 1.87. The third-order valence-corrected chi connectivity index (χ3v) is 6.28.